The van der Waals surface area contributed by atoms with Gasteiger partial charge < -0.3 is 24.3 Å². The smallest absolute Gasteiger partial charge is 0.296 e. The van der Waals surface area contributed by atoms with E-state index in [2.05, 4.69) is 51.1 Å². The first kappa shape index (κ1) is 19.6. The maximum Gasteiger partial charge on any atom is 0.296 e. The Morgan fingerprint density at radius 1 is 1.07 bits per heavy atom. The number of anilines is 1. The lowest BCUT2D eigenvalue weighted by molar-refractivity contribution is 0.106. The molecular formula is C22H26ClN5O2. The van der Waals surface area contributed by atoms with E-state index in [1.54, 1.807) is 0 Å². The zero-order valence-corrected chi connectivity index (χ0v) is 17.9. The number of halogens is 1. The van der Waals surface area contributed by atoms with Gasteiger partial charge in [0.2, 0.25) is 0 Å². The van der Waals surface area contributed by atoms with E-state index in [1.807, 2.05) is 6.07 Å². The highest BCUT2D eigenvalue weighted by atomic mass is 35.5. The van der Waals surface area contributed by atoms with Gasteiger partial charge in [0.1, 0.15) is 6.10 Å². The van der Waals surface area contributed by atoms with E-state index in [0.29, 0.717) is 16.7 Å². The first-order chi connectivity index (χ1) is 14.7. The molecule has 0 saturated carbocycles. The van der Waals surface area contributed by atoms with Crippen LogP contribution in [0.25, 0.3) is 22.4 Å². The van der Waals surface area contributed by atoms with Gasteiger partial charge >= 0.3 is 0 Å². The molecule has 0 bridgehead atoms. The van der Waals surface area contributed by atoms with Gasteiger partial charge in [-0.25, -0.2) is 4.98 Å². The van der Waals surface area contributed by atoms with Gasteiger partial charge in [0.05, 0.1) is 29.4 Å². The molecular weight excluding hydrogens is 402 g/mol. The topological polar surface area (TPSA) is 66.5 Å². The van der Waals surface area contributed by atoms with E-state index in [1.165, 1.54) is 5.69 Å². The van der Waals surface area contributed by atoms with Crippen molar-refractivity contribution in [2.75, 3.05) is 51.3 Å². The van der Waals surface area contributed by atoms with Crippen LogP contribution in [-0.2, 0) is 4.74 Å². The molecule has 8 heteroatoms. The summed E-state index contributed by atoms with van der Waals surface area (Å²) < 4.78 is 11.5. The summed E-state index contributed by atoms with van der Waals surface area (Å²) in [4.78, 5) is 17.1. The highest BCUT2D eigenvalue weighted by molar-refractivity contribution is 6.33. The van der Waals surface area contributed by atoms with Crippen molar-refractivity contribution < 1.29 is 9.47 Å². The molecule has 0 aliphatic carbocycles. The number of rotatable bonds is 4. The zero-order valence-electron chi connectivity index (χ0n) is 17.1. The second-order valence-electron chi connectivity index (χ2n) is 8.00. The number of ether oxygens (including phenoxy) is 2. The van der Waals surface area contributed by atoms with Gasteiger partial charge in [-0.05, 0) is 38.1 Å². The molecule has 0 radical (unpaired) electrons. The van der Waals surface area contributed by atoms with Crippen LogP contribution < -0.4 is 9.64 Å². The molecule has 0 spiro atoms. The number of aromatic nitrogens is 3. The number of H-pyrrole nitrogens is 1. The van der Waals surface area contributed by atoms with Crippen molar-refractivity contribution in [2.24, 2.45) is 0 Å². The Kier molecular flexibility index (Phi) is 5.50. The second-order valence-corrected chi connectivity index (χ2v) is 8.41. The van der Waals surface area contributed by atoms with Gasteiger partial charge in [-0.15, -0.1) is 0 Å². The Balaban J connectivity index is 1.36. The Morgan fingerprint density at radius 2 is 1.80 bits per heavy atom. The quantitative estimate of drug-likeness (QED) is 0.686. The summed E-state index contributed by atoms with van der Waals surface area (Å²) in [7, 11) is 2.14. The van der Waals surface area contributed by atoms with Crippen molar-refractivity contribution in [2.45, 2.75) is 18.9 Å². The number of nitrogens with one attached hydrogen (secondary N) is 1. The number of pyridine rings is 1. The highest BCUT2D eigenvalue weighted by Crippen LogP contribution is 2.31. The third kappa shape index (κ3) is 4.10. The SMILES string of the molecule is CN1CCC(Oc2nc3nc(-c4ccc(N5CCOCC5)cc4)c(Cl)cc3[nH]2)CC1. The predicted octanol–water partition coefficient (Wildman–Crippen LogP) is 3.59. The zero-order chi connectivity index (χ0) is 20.5. The number of fused-ring (bicyclic) bond motifs is 1. The van der Waals surface area contributed by atoms with Crippen LogP contribution in [-0.4, -0.2) is 72.4 Å². The fourth-order valence-corrected chi connectivity index (χ4v) is 4.33. The third-order valence-corrected chi connectivity index (χ3v) is 6.15. The number of hydrogen-bond donors (Lipinski definition) is 1. The number of imidazole rings is 1. The number of aromatic amines is 1. The Hall–Kier alpha value is -2.35. The van der Waals surface area contributed by atoms with Crippen LogP contribution >= 0.6 is 11.6 Å². The van der Waals surface area contributed by atoms with E-state index in [4.69, 9.17) is 26.1 Å². The molecule has 2 aliphatic rings. The van der Waals surface area contributed by atoms with Crippen LogP contribution in [0.4, 0.5) is 5.69 Å². The average molecular weight is 428 g/mol. The summed E-state index contributed by atoms with van der Waals surface area (Å²) in [5, 5.41) is 0.594. The van der Waals surface area contributed by atoms with Gasteiger partial charge in [0, 0.05) is 37.4 Å². The van der Waals surface area contributed by atoms with Crippen LogP contribution in [0.15, 0.2) is 30.3 Å². The second kappa shape index (κ2) is 8.41. The van der Waals surface area contributed by atoms with Gasteiger partial charge in [0.25, 0.3) is 6.01 Å². The fourth-order valence-electron chi connectivity index (χ4n) is 4.07. The van der Waals surface area contributed by atoms with Crippen molar-refractivity contribution in [3.63, 3.8) is 0 Å². The molecule has 1 aromatic carbocycles. The molecule has 4 heterocycles. The molecule has 5 rings (SSSR count). The van der Waals surface area contributed by atoms with Crippen LogP contribution in [0.2, 0.25) is 5.02 Å². The van der Waals surface area contributed by atoms with Crippen molar-refractivity contribution in [1.82, 2.24) is 19.9 Å². The maximum atomic E-state index is 6.56. The fraction of sp³-hybridized carbons (Fsp3) is 0.455. The number of benzene rings is 1. The third-order valence-electron chi connectivity index (χ3n) is 5.87. The molecule has 7 nitrogen and oxygen atoms in total. The minimum absolute atomic E-state index is 0.185. The van der Waals surface area contributed by atoms with Crippen molar-refractivity contribution in [3.8, 4) is 17.3 Å². The molecule has 2 aliphatic heterocycles. The molecule has 158 valence electrons. The molecule has 0 unspecified atom stereocenters. The van der Waals surface area contributed by atoms with Gasteiger partial charge in [-0.3, -0.25) is 0 Å². The Morgan fingerprint density at radius 3 is 2.53 bits per heavy atom. The normalized spacial score (nSPS) is 18.8. The van der Waals surface area contributed by atoms with Crippen molar-refractivity contribution in [1.29, 1.82) is 0 Å². The van der Waals surface area contributed by atoms with E-state index in [-0.39, 0.29) is 6.10 Å². The molecule has 30 heavy (non-hydrogen) atoms. The minimum Gasteiger partial charge on any atom is -0.461 e. The van der Waals surface area contributed by atoms with Gasteiger partial charge in [0.15, 0.2) is 5.65 Å². The molecule has 0 amide bonds. The van der Waals surface area contributed by atoms with Crippen LogP contribution in [0.3, 0.4) is 0 Å². The number of nitrogens with zero attached hydrogens (tertiary/aromatic N) is 4. The molecule has 2 aromatic heterocycles. The van der Waals surface area contributed by atoms with E-state index < -0.39 is 0 Å². The highest BCUT2D eigenvalue weighted by Gasteiger charge is 2.20. The largest absolute Gasteiger partial charge is 0.461 e. The summed E-state index contributed by atoms with van der Waals surface area (Å²) in [6.45, 7) is 5.45. The lowest BCUT2D eigenvalue weighted by Gasteiger charge is -2.28. The van der Waals surface area contributed by atoms with E-state index in [9.17, 15) is 0 Å². The first-order valence-electron chi connectivity index (χ1n) is 10.5. The maximum absolute atomic E-state index is 6.56. The first-order valence-corrected chi connectivity index (χ1v) is 10.9. The number of piperidine rings is 1. The summed E-state index contributed by atoms with van der Waals surface area (Å²) >= 11 is 6.56. The van der Waals surface area contributed by atoms with E-state index in [0.717, 1.165) is 69.0 Å². The molecule has 3 aromatic rings. The number of morpholine rings is 1. The molecule has 2 fully saturated rings. The average Bonchev–Trinajstić information content (AvgIpc) is 3.16. The number of likely N-dealkylation sites (tertiary alicyclic amines) is 1. The van der Waals surface area contributed by atoms with Gasteiger partial charge in [-0.2, -0.15) is 4.98 Å². The monoisotopic (exact) mass is 427 g/mol. The predicted molar refractivity (Wildman–Crippen MR) is 119 cm³/mol. The van der Waals surface area contributed by atoms with Crippen LogP contribution in [0.1, 0.15) is 12.8 Å². The van der Waals surface area contributed by atoms with Crippen molar-refractivity contribution in [3.05, 3.63) is 35.4 Å². The Labute approximate surface area is 181 Å². The summed E-state index contributed by atoms with van der Waals surface area (Å²) in [6, 6.07) is 10.7. The summed E-state index contributed by atoms with van der Waals surface area (Å²) in [6.07, 6.45) is 2.19. The van der Waals surface area contributed by atoms with Crippen LogP contribution in [0, 0.1) is 0 Å². The molecule has 0 atom stereocenters. The summed E-state index contributed by atoms with van der Waals surface area (Å²) in [5.74, 6) is 0. The Bertz CT molecular complexity index is 1010. The standard InChI is InChI=1S/C22H26ClN5O2/c1-27-8-6-17(7-9-27)30-22-24-19-14-18(23)20(25-21(19)26-22)15-2-4-16(5-3-15)28-10-12-29-13-11-28/h2-5,14,17H,6-13H2,1H3,(H,24,25,26). The van der Waals surface area contributed by atoms with Gasteiger partial charge in [-0.1, -0.05) is 23.7 Å². The summed E-state index contributed by atoms with van der Waals surface area (Å²) in [5.41, 5.74) is 4.30. The molecule has 1 N–H and O–H groups in total. The van der Waals surface area contributed by atoms with Crippen LogP contribution in [0.5, 0.6) is 6.01 Å². The van der Waals surface area contributed by atoms with E-state index >= 15 is 0 Å². The minimum atomic E-state index is 0.185. The van der Waals surface area contributed by atoms with Crippen molar-refractivity contribution >= 4 is 28.5 Å². The lowest BCUT2D eigenvalue weighted by Crippen LogP contribution is -2.36. The number of hydrogen-bond acceptors (Lipinski definition) is 6. The lowest BCUT2D eigenvalue weighted by atomic mass is 10.1. The molecule has 2 saturated heterocycles.